The highest BCUT2D eigenvalue weighted by molar-refractivity contribution is 8.00. The van der Waals surface area contributed by atoms with E-state index in [1.165, 1.54) is 30.6 Å². The van der Waals surface area contributed by atoms with E-state index in [4.69, 9.17) is 0 Å². The quantitative estimate of drug-likeness (QED) is 0.851. The number of nitrogens with one attached hydrogen (secondary N) is 1. The summed E-state index contributed by atoms with van der Waals surface area (Å²) in [5, 5.41) is 5.87. The maximum Gasteiger partial charge on any atom is 0.0386 e. The molecular weight excluding hydrogens is 234 g/mol. The van der Waals surface area contributed by atoms with Crippen molar-refractivity contribution in [3.05, 3.63) is 22.4 Å². The number of hydrogen-bond donors (Lipinski definition) is 1. The highest BCUT2D eigenvalue weighted by atomic mass is 32.2. The molecule has 1 unspecified atom stereocenters. The molecule has 16 heavy (non-hydrogen) atoms. The van der Waals surface area contributed by atoms with Crippen molar-refractivity contribution in [2.24, 2.45) is 0 Å². The molecule has 0 amide bonds. The fourth-order valence-corrected chi connectivity index (χ4v) is 4.13. The smallest absolute Gasteiger partial charge is 0.0386 e. The Bertz CT molecular complexity index is 302. The van der Waals surface area contributed by atoms with E-state index in [0.717, 1.165) is 6.54 Å². The fraction of sp³-hybridized carbons (Fsp3) is 0.692. The van der Waals surface area contributed by atoms with Crippen LogP contribution in [0, 0.1) is 0 Å². The predicted molar refractivity (Wildman–Crippen MR) is 75.5 cm³/mol. The average Bonchev–Trinajstić information content (AvgIpc) is 2.98. The van der Waals surface area contributed by atoms with Crippen molar-refractivity contribution in [1.29, 1.82) is 0 Å². The van der Waals surface area contributed by atoms with Crippen LogP contribution in [0.3, 0.4) is 0 Å². The maximum atomic E-state index is 3.71. The molecular formula is C13H21NS2. The van der Waals surface area contributed by atoms with Crippen LogP contribution in [0.25, 0.3) is 0 Å². The number of rotatable bonds is 5. The second-order valence-corrected chi connectivity index (χ2v) is 6.97. The Morgan fingerprint density at radius 3 is 2.81 bits per heavy atom. The molecule has 0 aromatic carbocycles. The maximum absolute atomic E-state index is 3.71. The van der Waals surface area contributed by atoms with E-state index in [1.807, 2.05) is 11.3 Å². The number of thiophene rings is 1. The van der Waals surface area contributed by atoms with Crippen molar-refractivity contribution in [2.45, 2.75) is 43.4 Å². The van der Waals surface area contributed by atoms with E-state index < -0.39 is 0 Å². The van der Waals surface area contributed by atoms with Crippen LogP contribution in [0.1, 0.15) is 43.5 Å². The lowest BCUT2D eigenvalue weighted by Crippen LogP contribution is -2.36. The number of hydrogen-bond acceptors (Lipinski definition) is 3. The van der Waals surface area contributed by atoms with Gasteiger partial charge in [-0.1, -0.05) is 18.9 Å². The van der Waals surface area contributed by atoms with Crippen LogP contribution in [0.15, 0.2) is 17.5 Å². The van der Waals surface area contributed by atoms with Crippen LogP contribution in [-0.4, -0.2) is 17.5 Å². The van der Waals surface area contributed by atoms with Crippen molar-refractivity contribution in [3.63, 3.8) is 0 Å². The molecule has 1 saturated carbocycles. The Labute approximate surface area is 107 Å². The molecule has 90 valence electrons. The Morgan fingerprint density at radius 1 is 1.50 bits per heavy atom. The summed E-state index contributed by atoms with van der Waals surface area (Å²) in [6.07, 6.45) is 7.87. The monoisotopic (exact) mass is 255 g/mol. The van der Waals surface area contributed by atoms with Gasteiger partial charge in [0.2, 0.25) is 0 Å². The number of thioether (sulfide) groups is 1. The molecule has 1 aromatic heterocycles. The van der Waals surface area contributed by atoms with E-state index in [9.17, 15) is 0 Å². The summed E-state index contributed by atoms with van der Waals surface area (Å²) in [5.41, 5.74) is 0. The largest absolute Gasteiger partial charge is 0.308 e. The first kappa shape index (κ1) is 12.5. The van der Waals surface area contributed by atoms with Gasteiger partial charge in [-0.05, 0) is 37.5 Å². The van der Waals surface area contributed by atoms with E-state index >= 15 is 0 Å². The zero-order chi connectivity index (χ0) is 11.4. The average molecular weight is 255 g/mol. The summed E-state index contributed by atoms with van der Waals surface area (Å²) in [6, 6.07) is 4.87. The Hall–Kier alpha value is 0.01000. The second kappa shape index (κ2) is 5.56. The minimum absolute atomic E-state index is 0.504. The second-order valence-electron chi connectivity index (χ2n) is 4.71. The molecule has 1 N–H and O–H groups in total. The first-order chi connectivity index (χ1) is 7.76. The molecule has 1 aliphatic rings. The standard InChI is InChI=1S/C13H21NS2/c1-11(12-6-5-9-16-12)14-10-13(15-2)7-3-4-8-13/h5-6,9,11,14H,3-4,7-8,10H2,1-2H3. The van der Waals surface area contributed by atoms with Crippen molar-refractivity contribution in [1.82, 2.24) is 5.32 Å². The van der Waals surface area contributed by atoms with Crippen LogP contribution >= 0.6 is 23.1 Å². The Kier molecular flexibility index (Phi) is 4.34. The minimum Gasteiger partial charge on any atom is -0.308 e. The first-order valence-electron chi connectivity index (χ1n) is 6.08. The van der Waals surface area contributed by atoms with E-state index in [1.54, 1.807) is 0 Å². The molecule has 0 radical (unpaired) electrons. The van der Waals surface area contributed by atoms with Crippen molar-refractivity contribution in [2.75, 3.05) is 12.8 Å². The summed E-state index contributed by atoms with van der Waals surface area (Å²) in [6.45, 7) is 3.43. The van der Waals surface area contributed by atoms with Gasteiger partial charge in [0.15, 0.2) is 0 Å². The van der Waals surface area contributed by atoms with Crippen molar-refractivity contribution >= 4 is 23.1 Å². The zero-order valence-corrected chi connectivity index (χ0v) is 11.8. The third-order valence-electron chi connectivity index (χ3n) is 3.65. The lowest BCUT2D eigenvalue weighted by atomic mass is 10.1. The van der Waals surface area contributed by atoms with Crippen LogP contribution in [-0.2, 0) is 0 Å². The molecule has 1 aromatic rings. The Morgan fingerprint density at radius 2 is 2.25 bits per heavy atom. The van der Waals surface area contributed by atoms with Gasteiger partial charge in [-0.3, -0.25) is 0 Å². The van der Waals surface area contributed by atoms with Crippen molar-refractivity contribution < 1.29 is 0 Å². The molecule has 0 spiro atoms. The summed E-state index contributed by atoms with van der Waals surface area (Å²) < 4.78 is 0.519. The van der Waals surface area contributed by atoms with Crippen LogP contribution in [0.5, 0.6) is 0 Å². The van der Waals surface area contributed by atoms with Crippen LogP contribution < -0.4 is 5.32 Å². The lowest BCUT2D eigenvalue weighted by Gasteiger charge is -2.28. The van der Waals surface area contributed by atoms with Crippen LogP contribution in [0.4, 0.5) is 0 Å². The summed E-state index contributed by atoms with van der Waals surface area (Å²) in [5.74, 6) is 0. The highest BCUT2D eigenvalue weighted by Crippen LogP contribution is 2.40. The summed E-state index contributed by atoms with van der Waals surface area (Å²) in [7, 11) is 0. The van der Waals surface area contributed by atoms with Gasteiger partial charge in [0.25, 0.3) is 0 Å². The summed E-state index contributed by atoms with van der Waals surface area (Å²) >= 11 is 3.91. The van der Waals surface area contributed by atoms with Gasteiger partial charge in [0, 0.05) is 22.2 Å². The normalized spacial score (nSPS) is 21.1. The Balaban J connectivity index is 1.86. The molecule has 1 aliphatic carbocycles. The minimum atomic E-state index is 0.504. The van der Waals surface area contributed by atoms with E-state index in [-0.39, 0.29) is 0 Å². The SMILES string of the molecule is CSC1(CNC(C)c2cccs2)CCCC1. The van der Waals surface area contributed by atoms with Gasteiger partial charge in [-0.2, -0.15) is 11.8 Å². The topological polar surface area (TPSA) is 12.0 Å². The van der Waals surface area contributed by atoms with Gasteiger partial charge in [0.05, 0.1) is 0 Å². The van der Waals surface area contributed by atoms with E-state index in [2.05, 4.69) is 47.8 Å². The van der Waals surface area contributed by atoms with Gasteiger partial charge < -0.3 is 5.32 Å². The van der Waals surface area contributed by atoms with Gasteiger partial charge in [-0.25, -0.2) is 0 Å². The molecule has 3 heteroatoms. The molecule has 0 aliphatic heterocycles. The van der Waals surface area contributed by atoms with Gasteiger partial charge >= 0.3 is 0 Å². The van der Waals surface area contributed by atoms with Crippen LogP contribution in [0.2, 0.25) is 0 Å². The predicted octanol–water partition coefficient (Wildman–Crippen LogP) is 4.07. The third-order valence-corrected chi connectivity index (χ3v) is 6.12. The first-order valence-corrected chi connectivity index (χ1v) is 8.18. The molecule has 1 atom stereocenters. The van der Waals surface area contributed by atoms with Gasteiger partial charge in [-0.15, -0.1) is 11.3 Å². The third kappa shape index (κ3) is 2.82. The lowest BCUT2D eigenvalue weighted by molar-refractivity contribution is 0.490. The molecule has 1 fully saturated rings. The fourth-order valence-electron chi connectivity index (χ4n) is 2.45. The van der Waals surface area contributed by atoms with E-state index in [0.29, 0.717) is 10.8 Å². The van der Waals surface area contributed by atoms with Crippen molar-refractivity contribution in [3.8, 4) is 0 Å². The molecule has 2 rings (SSSR count). The summed E-state index contributed by atoms with van der Waals surface area (Å²) in [4.78, 5) is 1.45. The van der Waals surface area contributed by atoms with Gasteiger partial charge in [0.1, 0.15) is 0 Å². The molecule has 1 nitrogen and oxygen atoms in total. The highest BCUT2D eigenvalue weighted by Gasteiger charge is 2.32. The zero-order valence-electron chi connectivity index (χ0n) is 10.2. The molecule has 0 bridgehead atoms. The molecule has 1 heterocycles. The molecule has 0 saturated heterocycles.